The lowest BCUT2D eigenvalue weighted by Gasteiger charge is -2.03. The first-order valence-electron chi connectivity index (χ1n) is 9.35. The van der Waals surface area contributed by atoms with Crippen LogP contribution in [0.15, 0.2) is 0 Å². The summed E-state index contributed by atoms with van der Waals surface area (Å²) in [7, 11) is -0.491. The van der Waals surface area contributed by atoms with Gasteiger partial charge in [0.15, 0.2) is 0 Å². The maximum atomic E-state index is 10.4. The van der Waals surface area contributed by atoms with E-state index in [1.807, 2.05) is 0 Å². The normalized spacial score (nSPS) is 10.8. The molecule has 0 saturated heterocycles. The van der Waals surface area contributed by atoms with Crippen LogP contribution >= 0.6 is 0 Å². The molecule has 0 aliphatic rings. The summed E-state index contributed by atoms with van der Waals surface area (Å²) in [5.41, 5.74) is 0. The lowest BCUT2D eigenvalue weighted by molar-refractivity contribution is 0.530. The molecule has 0 N–H and O–H groups in total. The van der Waals surface area contributed by atoms with Crippen molar-refractivity contribution < 1.29 is 4.46 Å². The molecule has 0 bridgehead atoms. The highest BCUT2D eigenvalue weighted by atomic mass is 28.2. The Morgan fingerprint density at radius 1 is 0.500 bits per heavy atom. The molecule has 0 unspecified atom stereocenters. The highest BCUT2D eigenvalue weighted by Crippen LogP contribution is 2.13. The number of hydrogen-bond acceptors (Lipinski definition) is 1. The molecule has 0 rings (SSSR count). The van der Waals surface area contributed by atoms with Gasteiger partial charge in [0, 0.05) is 0 Å². The third kappa shape index (κ3) is 18.0. The molecule has 0 saturated carbocycles. The molecule has 2 heteroatoms. The minimum Gasteiger partial charge on any atom is -0.392 e. The number of hydrogen-bond donors (Lipinski definition) is 0. The quantitative estimate of drug-likeness (QED) is 0.223. The summed E-state index contributed by atoms with van der Waals surface area (Å²) in [6, 6.07) is 0.971. The van der Waals surface area contributed by atoms with Crippen molar-refractivity contribution in [2.24, 2.45) is 0 Å². The molecule has 0 atom stereocenters. The van der Waals surface area contributed by atoms with Gasteiger partial charge in [0.2, 0.25) is 0 Å². The second-order valence-electron chi connectivity index (χ2n) is 6.26. The molecule has 120 valence electrons. The second kappa shape index (κ2) is 19.0. The second-order valence-corrected chi connectivity index (χ2v) is 7.17. The monoisotopic (exact) mass is 298 g/mol. The van der Waals surface area contributed by atoms with Gasteiger partial charge >= 0.3 is 0 Å². The minimum atomic E-state index is -0.491. The SMILES string of the molecule is CCCCCCCCCCCCCCCCCC[SiH]=O. The highest BCUT2D eigenvalue weighted by molar-refractivity contribution is 6.16. The molecule has 0 aromatic carbocycles. The Hall–Kier alpha value is 0.0169. The van der Waals surface area contributed by atoms with Crippen LogP contribution in [0.4, 0.5) is 0 Å². The van der Waals surface area contributed by atoms with Gasteiger partial charge in [0.05, 0.1) is 0 Å². The molecule has 0 aromatic rings. The van der Waals surface area contributed by atoms with Crippen LogP contribution in [0.1, 0.15) is 110 Å². The van der Waals surface area contributed by atoms with E-state index in [1.54, 1.807) is 0 Å². The molecule has 1 nitrogen and oxygen atoms in total. The van der Waals surface area contributed by atoms with Gasteiger partial charge in [-0.15, -0.1) is 0 Å². The summed E-state index contributed by atoms with van der Waals surface area (Å²) >= 11 is 0. The average molecular weight is 299 g/mol. The van der Waals surface area contributed by atoms with Gasteiger partial charge in [-0.3, -0.25) is 0 Å². The van der Waals surface area contributed by atoms with E-state index in [4.69, 9.17) is 0 Å². The van der Waals surface area contributed by atoms with Gasteiger partial charge < -0.3 is 4.46 Å². The third-order valence-electron chi connectivity index (χ3n) is 4.18. The van der Waals surface area contributed by atoms with Crippen molar-refractivity contribution in [1.29, 1.82) is 0 Å². The predicted octanol–water partition coefficient (Wildman–Crippen LogP) is 6.45. The Morgan fingerprint density at radius 3 is 1.10 bits per heavy atom. The van der Waals surface area contributed by atoms with Crippen LogP contribution in [0.5, 0.6) is 0 Å². The van der Waals surface area contributed by atoms with E-state index in [-0.39, 0.29) is 0 Å². The zero-order chi connectivity index (χ0) is 14.7. The van der Waals surface area contributed by atoms with Crippen LogP contribution < -0.4 is 0 Å². The van der Waals surface area contributed by atoms with Crippen molar-refractivity contribution >= 4 is 9.41 Å². The summed E-state index contributed by atoms with van der Waals surface area (Å²) in [4.78, 5) is 0. The molecule has 20 heavy (non-hydrogen) atoms. The van der Waals surface area contributed by atoms with E-state index in [9.17, 15) is 4.46 Å². The van der Waals surface area contributed by atoms with Crippen LogP contribution in [0.3, 0.4) is 0 Å². The largest absolute Gasteiger partial charge is 0.392 e. The molecule has 0 spiro atoms. The molecule has 0 fully saturated rings. The van der Waals surface area contributed by atoms with E-state index in [0.717, 1.165) is 6.04 Å². The van der Waals surface area contributed by atoms with E-state index < -0.39 is 9.41 Å². The van der Waals surface area contributed by atoms with Gasteiger partial charge in [0.1, 0.15) is 0 Å². The number of rotatable bonds is 17. The Morgan fingerprint density at radius 2 is 0.800 bits per heavy atom. The topological polar surface area (TPSA) is 17.1 Å². The van der Waals surface area contributed by atoms with Crippen LogP contribution in [-0.4, -0.2) is 9.41 Å². The van der Waals surface area contributed by atoms with Gasteiger partial charge in [-0.2, -0.15) is 0 Å². The van der Waals surface area contributed by atoms with Crippen molar-refractivity contribution in [3.8, 4) is 0 Å². The molecule has 0 aliphatic carbocycles. The van der Waals surface area contributed by atoms with Gasteiger partial charge in [-0.1, -0.05) is 110 Å². The fraction of sp³-hybridized carbons (Fsp3) is 1.00. The van der Waals surface area contributed by atoms with Gasteiger partial charge in [-0.25, -0.2) is 0 Å². The Labute approximate surface area is 130 Å². The smallest absolute Gasteiger partial charge is 0.261 e. The molecule has 0 radical (unpaired) electrons. The Bertz CT molecular complexity index is 182. The Kier molecular flexibility index (Phi) is 19.0. The first kappa shape index (κ1) is 20.0. The van der Waals surface area contributed by atoms with Gasteiger partial charge in [-0.05, 0) is 6.04 Å². The number of unbranched alkanes of at least 4 members (excludes halogenated alkanes) is 15. The van der Waals surface area contributed by atoms with Crippen LogP contribution in [-0.2, 0) is 4.46 Å². The average Bonchev–Trinajstić information content (AvgIpc) is 2.47. The summed E-state index contributed by atoms with van der Waals surface area (Å²) in [6.07, 6.45) is 22.5. The zero-order valence-corrected chi connectivity index (χ0v) is 15.2. The van der Waals surface area contributed by atoms with E-state index >= 15 is 0 Å². The first-order valence-corrected chi connectivity index (χ1v) is 10.6. The Balaban J connectivity index is 2.90. The summed E-state index contributed by atoms with van der Waals surface area (Å²) in [5.74, 6) is 0. The highest BCUT2D eigenvalue weighted by Gasteiger charge is 1.94. The fourth-order valence-electron chi connectivity index (χ4n) is 2.78. The predicted molar refractivity (Wildman–Crippen MR) is 92.2 cm³/mol. The molecular formula is C18H38OSi. The third-order valence-corrected chi connectivity index (χ3v) is 4.82. The van der Waals surface area contributed by atoms with Crippen molar-refractivity contribution in [2.75, 3.05) is 0 Å². The van der Waals surface area contributed by atoms with Crippen molar-refractivity contribution in [1.82, 2.24) is 0 Å². The molecular weight excluding hydrogens is 260 g/mol. The van der Waals surface area contributed by atoms with Crippen molar-refractivity contribution in [2.45, 2.75) is 116 Å². The van der Waals surface area contributed by atoms with Crippen molar-refractivity contribution in [3.05, 3.63) is 0 Å². The fourth-order valence-corrected chi connectivity index (χ4v) is 3.23. The van der Waals surface area contributed by atoms with Crippen molar-refractivity contribution in [3.63, 3.8) is 0 Å². The van der Waals surface area contributed by atoms with Crippen LogP contribution in [0.2, 0.25) is 6.04 Å². The summed E-state index contributed by atoms with van der Waals surface area (Å²) in [5, 5.41) is 0. The zero-order valence-electron chi connectivity index (χ0n) is 14.0. The summed E-state index contributed by atoms with van der Waals surface area (Å²) in [6.45, 7) is 2.29. The van der Waals surface area contributed by atoms with Crippen LogP contribution in [0.25, 0.3) is 0 Å². The first-order chi connectivity index (χ1) is 9.91. The van der Waals surface area contributed by atoms with Gasteiger partial charge in [0.25, 0.3) is 9.41 Å². The lowest BCUT2D eigenvalue weighted by atomic mass is 10.0. The molecule has 0 aliphatic heterocycles. The minimum absolute atomic E-state index is 0.491. The lowest BCUT2D eigenvalue weighted by Crippen LogP contribution is -1.84. The standard InChI is InChI=1S/C18H38OSi/c1-2-3-4-5-6-7-8-9-10-11-12-13-14-15-16-17-18-20-19/h20H,2-18H2,1H3. The molecule has 0 amide bonds. The molecule has 0 heterocycles. The maximum absolute atomic E-state index is 10.4. The summed E-state index contributed by atoms with van der Waals surface area (Å²) < 4.78 is 10.4. The molecule has 0 aromatic heterocycles. The maximum Gasteiger partial charge on any atom is 0.261 e. The van der Waals surface area contributed by atoms with E-state index in [0.29, 0.717) is 0 Å². The van der Waals surface area contributed by atoms with E-state index in [1.165, 1.54) is 103 Å². The van der Waals surface area contributed by atoms with E-state index in [2.05, 4.69) is 6.92 Å². The van der Waals surface area contributed by atoms with Crippen LogP contribution in [0, 0.1) is 0 Å².